The fourth-order valence-corrected chi connectivity index (χ4v) is 7.80. The molecule has 11 aromatic rings. The van der Waals surface area contributed by atoms with Crippen LogP contribution in [0.3, 0.4) is 0 Å². The summed E-state index contributed by atoms with van der Waals surface area (Å²) in [6.07, 6.45) is 0. The van der Waals surface area contributed by atoms with E-state index in [0.29, 0.717) is 0 Å². The zero-order chi connectivity index (χ0) is 33.5. The van der Waals surface area contributed by atoms with Crippen LogP contribution in [0.25, 0.3) is 105 Å². The van der Waals surface area contributed by atoms with Gasteiger partial charge < -0.3 is 8.83 Å². The molecule has 0 bridgehead atoms. The summed E-state index contributed by atoms with van der Waals surface area (Å²) in [5.41, 5.74) is 12.0. The number of nitrogens with zero attached hydrogens (tertiary/aromatic N) is 2. The predicted molar refractivity (Wildman–Crippen MR) is 209 cm³/mol. The SMILES string of the molecule is c1ccc(-c2ccc(-c3cc(-c4cccc5c4oc4ccccc45)nc(-n4c5ccccc5c5cc6oc7ccccc7c6cc54)c3)cc2)cc1. The molecule has 0 aliphatic carbocycles. The number of furan rings is 2. The normalized spacial score (nSPS) is 11.9. The number of pyridine rings is 1. The summed E-state index contributed by atoms with van der Waals surface area (Å²) in [4.78, 5) is 5.47. The first-order chi connectivity index (χ1) is 25.3. The largest absolute Gasteiger partial charge is 0.456 e. The van der Waals surface area contributed by atoms with Crippen molar-refractivity contribution in [1.29, 1.82) is 0 Å². The van der Waals surface area contributed by atoms with Gasteiger partial charge in [0.15, 0.2) is 0 Å². The van der Waals surface area contributed by atoms with Crippen molar-refractivity contribution in [2.45, 2.75) is 0 Å². The van der Waals surface area contributed by atoms with Crippen LogP contribution in [0.1, 0.15) is 0 Å². The monoisotopic (exact) mass is 652 g/mol. The minimum atomic E-state index is 0.834. The minimum absolute atomic E-state index is 0.834. The van der Waals surface area contributed by atoms with Gasteiger partial charge in [-0.1, -0.05) is 121 Å². The first-order valence-corrected chi connectivity index (χ1v) is 17.2. The molecular formula is C47H28N2O2. The van der Waals surface area contributed by atoms with Crippen LogP contribution in [0.15, 0.2) is 179 Å². The summed E-state index contributed by atoms with van der Waals surface area (Å²) >= 11 is 0. The van der Waals surface area contributed by atoms with Crippen molar-refractivity contribution in [3.63, 3.8) is 0 Å². The van der Waals surface area contributed by atoms with Crippen LogP contribution in [0.2, 0.25) is 0 Å². The molecule has 0 radical (unpaired) electrons. The number of benzene rings is 7. The van der Waals surface area contributed by atoms with Crippen molar-refractivity contribution in [2.75, 3.05) is 0 Å². The topological polar surface area (TPSA) is 44.1 Å². The van der Waals surface area contributed by atoms with Crippen LogP contribution in [-0.2, 0) is 0 Å². The average molecular weight is 653 g/mol. The maximum atomic E-state index is 6.54. The molecule has 0 aliphatic rings. The predicted octanol–water partition coefficient (Wildman–Crippen LogP) is 13.0. The van der Waals surface area contributed by atoms with E-state index in [1.54, 1.807) is 0 Å². The maximum absolute atomic E-state index is 6.54. The summed E-state index contributed by atoms with van der Waals surface area (Å²) in [6, 6.07) is 59.5. The highest BCUT2D eigenvalue weighted by Crippen LogP contribution is 2.41. The van der Waals surface area contributed by atoms with Gasteiger partial charge in [-0.15, -0.1) is 0 Å². The summed E-state index contributed by atoms with van der Waals surface area (Å²) in [7, 11) is 0. The summed E-state index contributed by atoms with van der Waals surface area (Å²) in [5.74, 6) is 0.834. The van der Waals surface area contributed by atoms with Gasteiger partial charge >= 0.3 is 0 Å². The Labute approximate surface area is 292 Å². The molecule has 51 heavy (non-hydrogen) atoms. The third-order valence-electron chi connectivity index (χ3n) is 10.2. The smallest absolute Gasteiger partial charge is 0.144 e. The molecule has 0 N–H and O–H groups in total. The first-order valence-electron chi connectivity index (χ1n) is 17.2. The van der Waals surface area contributed by atoms with Crippen molar-refractivity contribution < 1.29 is 8.83 Å². The second-order valence-electron chi connectivity index (χ2n) is 13.1. The molecule has 0 atom stereocenters. The number of aromatic nitrogens is 2. The molecule has 0 fully saturated rings. The van der Waals surface area contributed by atoms with Gasteiger partial charge in [0.05, 0.1) is 16.7 Å². The van der Waals surface area contributed by atoms with E-state index >= 15 is 0 Å². The van der Waals surface area contributed by atoms with Crippen molar-refractivity contribution in [3.05, 3.63) is 170 Å². The zero-order valence-electron chi connectivity index (χ0n) is 27.4. The molecule has 0 saturated heterocycles. The molecule has 4 nitrogen and oxygen atoms in total. The second kappa shape index (κ2) is 10.8. The van der Waals surface area contributed by atoms with Gasteiger partial charge in [0, 0.05) is 37.9 Å². The fraction of sp³-hybridized carbons (Fsp3) is 0. The van der Waals surface area contributed by atoms with E-state index in [0.717, 1.165) is 93.9 Å². The Balaban J connectivity index is 1.20. The van der Waals surface area contributed by atoms with E-state index in [-0.39, 0.29) is 0 Å². The number of fused-ring (bicyclic) bond motifs is 9. The first kappa shape index (κ1) is 28.0. The molecule has 0 amide bonds. The van der Waals surface area contributed by atoms with Crippen LogP contribution < -0.4 is 0 Å². The van der Waals surface area contributed by atoms with Crippen molar-refractivity contribution in [3.8, 4) is 39.3 Å². The van der Waals surface area contributed by atoms with Crippen molar-refractivity contribution >= 4 is 65.7 Å². The van der Waals surface area contributed by atoms with Crippen LogP contribution in [0.5, 0.6) is 0 Å². The lowest BCUT2D eigenvalue weighted by Crippen LogP contribution is -2.00. The average Bonchev–Trinajstić information content (AvgIpc) is 3.86. The van der Waals surface area contributed by atoms with Gasteiger partial charge in [-0.2, -0.15) is 0 Å². The Morgan fingerprint density at radius 3 is 1.80 bits per heavy atom. The third kappa shape index (κ3) is 4.30. The number of hydrogen-bond acceptors (Lipinski definition) is 3. The summed E-state index contributed by atoms with van der Waals surface area (Å²) in [6.45, 7) is 0. The molecule has 0 unspecified atom stereocenters. The Bertz CT molecular complexity index is 3130. The highest BCUT2D eigenvalue weighted by molar-refractivity contribution is 6.17. The molecule has 4 heteroatoms. The Morgan fingerprint density at radius 2 is 1.00 bits per heavy atom. The molecule has 4 aromatic heterocycles. The van der Waals surface area contributed by atoms with Crippen LogP contribution >= 0.6 is 0 Å². The fourth-order valence-electron chi connectivity index (χ4n) is 7.80. The molecule has 0 aliphatic heterocycles. The number of rotatable bonds is 4. The Hall–Kier alpha value is -6.91. The van der Waals surface area contributed by atoms with Crippen molar-refractivity contribution in [1.82, 2.24) is 9.55 Å². The van der Waals surface area contributed by atoms with Gasteiger partial charge in [-0.05, 0) is 70.8 Å². The molecular weight excluding hydrogens is 625 g/mol. The molecule has 4 heterocycles. The van der Waals surface area contributed by atoms with Crippen LogP contribution in [0, 0.1) is 0 Å². The molecule has 11 rings (SSSR count). The van der Waals surface area contributed by atoms with E-state index in [9.17, 15) is 0 Å². The summed E-state index contributed by atoms with van der Waals surface area (Å²) < 4.78 is 15.2. The third-order valence-corrected chi connectivity index (χ3v) is 10.2. The highest BCUT2D eigenvalue weighted by atomic mass is 16.3. The van der Waals surface area contributed by atoms with Gasteiger partial charge in [-0.25, -0.2) is 4.98 Å². The van der Waals surface area contributed by atoms with E-state index < -0.39 is 0 Å². The zero-order valence-corrected chi connectivity index (χ0v) is 27.4. The quantitative estimate of drug-likeness (QED) is 0.190. The van der Waals surface area contributed by atoms with Gasteiger partial charge in [-0.3, -0.25) is 4.57 Å². The molecule has 238 valence electrons. The second-order valence-corrected chi connectivity index (χ2v) is 13.1. The lowest BCUT2D eigenvalue weighted by Gasteiger charge is -2.13. The number of hydrogen-bond donors (Lipinski definition) is 0. The standard InChI is InChI=1S/C47H28N2O2/c1-2-11-29(12-3-1)30-21-23-31(24-22-30)32-25-40(37-17-10-16-36-34-14-5-9-20-44(34)51-47(36)37)48-46(26-32)49-41-18-7-4-13-33(41)38-28-45-39(27-42(38)49)35-15-6-8-19-43(35)50-45/h1-28H. The molecule has 0 spiro atoms. The number of para-hydroxylation sites is 4. The minimum Gasteiger partial charge on any atom is -0.456 e. The lowest BCUT2D eigenvalue weighted by atomic mass is 9.99. The Kier molecular flexibility index (Phi) is 5.92. The van der Waals surface area contributed by atoms with Crippen molar-refractivity contribution in [2.24, 2.45) is 0 Å². The van der Waals surface area contributed by atoms with Crippen LogP contribution in [-0.4, -0.2) is 9.55 Å². The van der Waals surface area contributed by atoms with Gasteiger partial charge in [0.2, 0.25) is 0 Å². The molecule has 0 saturated carbocycles. The van der Waals surface area contributed by atoms with E-state index in [2.05, 4.69) is 150 Å². The Morgan fingerprint density at radius 1 is 0.373 bits per heavy atom. The van der Waals surface area contributed by atoms with E-state index in [1.165, 1.54) is 11.1 Å². The van der Waals surface area contributed by atoms with Gasteiger partial charge in [0.25, 0.3) is 0 Å². The van der Waals surface area contributed by atoms with E-state index in [4.69, 9.17) is 13.8 Å². The van der Waals surface area contributed by atoms with Crippen LogP contribution in [0.4, 0.5) is 0 Å². The molecule has 7 aromatic carbocycles. The maximum Gasteiger partial charge on any atom is 0.144 e. The van der Waals surface area contributed by atoms with Gasteiger partial charge in [0.1, 0.15) is 28.1 Å². The summed E-state index contributed by atoms with van der Waals surface area (Å²) in [5, 5.41) is 6.63. The van der Waals surface area contributed by atoms with E-state index in [1.807, 2.05) is 24.3 Å². The lowest BCUT2D eigenvalue weighted by molar-refractivity contribution is 0.669. The highest BCUT2D eigenvalue weighted by Gasteiger charge is 2.20.